The molecule has 0 aromatic carbocycles. The van der Waals surface area contributed by atoms with Crippen LogP contribution in [0.25, 0.3) is 0 Å². The monoisotopic (exact) mass is 191 g/mol. The van der Waals surface area contributed by atoms with Crippen LogP contribution in [0.5, 0.6) is 0 Å². The second-order valence-corrected chi connectivity index (χ2v) is 3.81. The fraction of sp³-hybridized carbons (Fsp3) is 0.875. The molecule has 0 aromatic heterocycles. The molecule has 0 saturated carbocycles. The molecule has 0 saturated heterocycles. The molecule has 0 heterocycles. The Kier molecular flexibility index (Phi) is 4.72. The normalized spacial score (nSPS) is 13.6. The summed E-state index contributed by atoms with van der Waals surface area (Å²) in [5.74, 6) is 0. The maximum absolute atomic E-state index is 11.0. The van der Waals surface area contributed by atoms with E-state index in [2.05, 4.69) is 10.1 Å². The van der Waals surface area contributed by atoms with E-state index in [1.54, 1.807) is 0 Å². The minimum absolute atomic E-state index is 0.196. The molecule has 13 heavy (non-hydrogen) atoms. The van der Waals surface area contributed by atoms with E-state index < -0.39 is 18.8 Å². The summed E-state index contributed by atoms with van der Waals surface area (Å²) in [6.07, 6.45) is -1.61. The van der Waals surface area contributed by atoms with Crippen LogP contribution in [-0.4, -0.2) is 41.2 Å². The zero-order valence-corrected chi connectivity index (χ0v) is 8.20. The third-order valence-electron chi connectivity index (χ3n) is 1.09. The lowest BCUT2D eigenvalue weighted by atomic mass is 10.1. The van der Waals surface area contributed by atoms with Gasteiger partial charge in [-0.05, 0) is 20.8 Å². The Labute approximate surface area is 77.7 Å². The lowest BCUT2D eigenvalue weighted by Gasteiger charge is -2.20. The zero-order valence-electron chi connectivity index (χ0n) is 8.20. The molecule has 0 aromatic rings. The molecule has 1 amide bonds. The molecule has 0 aliphatic rings. The molecule has 78 valence electrons. The molecule has 0 aliphatic carbocycles. The van der Waals surface area contributed by atoms with Gasteiger partial charge in [-0.2, -0.15) is 0 Å². The molecule has 0 spiro atoms. The van der Waals surface area contributed by atoms with E-state index >= 15 is 0 Å². The van der Waals surface area contributed by atoms with Crippen molar-refractivity contribution in [2.24, 2.45) is 0 Å². The van der Waals surface area contributed by atoms with Crippen molar-refractivity contribution in [2.75, 3.05) is 13.2 Å². The SMILES string of the molecule is CC(C)(C)NC(=O)OCC(O)CO. The van der Waals surface area contributed by atoms with Crippen LogP contribution in [0, 0.1) is 0 Å². The topological polar surface area (TPSA) is 78.8 Å². The van der Waals surface area contributed by atoms with Crippen molar-refractivity contribution >= 4 is 6.09 Å². The largest absolute Gasteiger partial charge is 0.447 e. The first-order chi connectivity index (χ1) is 5.85. The average molecular weight is 191 g/mol. The van der Waals surface area contributed by atoms with Crippen molar-refractivity contribution in [3.8, 4) is 0 Å². The van der Waals surface area contributed by atoms with Gasteiger partial charge >= 0.3 is 6.09 Å². The van der Waals surface area contributed by atoms with Crippen molar-refractivity contribution < 1.29 is 19.7 Å². The van der Waals surface area contributed by atoms with Crippen molar-refractivity contribution in [3.05, 3.63) is 0 Å². The average Bonchev–Trinajstić information content (AvgIpc) is 1.97. The lowest BCUT2D eigenvalue weighted by molar-refractivity contribution is 0.0304. The van der Waals surface area contributed by atoms with Gasteiger partial charge in [0, 0.05) is 5.54 Å². The van der Waals surface area contributed by atoms with Gasteiger partial charge in [0.15, 0.2) is 0 Å². The molecule has 0 aliphatic heterocycles. The van der Waals surface area contributed by atoms with E-state index in [-0.39, 0.29) is 12.1 Å². The molecule has 0 fully saturated rings. The highest BCUT2D eigenvalue weighted by molar-refractivity contribution is 5.68. The highest BCUT2D eigenvalue weighted by atomic mass is 16.6. The van der Waals surface area contributed by atoms with Crippen LogP contribution in [0.15, 0.2) is 0 Å². The first-order valence-corrected chi connectivity index (χ1v) is 4.09. The summed E-state index contributed by atoms with van der Waals surface area (Å²) in [6, 6.07) is 0. The summed E-state index contributed by atoms with van der Waals surface area (Å²) >= 11 is 0. The van der Waals surface area contributed by atoms with E-state index in [1.165, 1.54) is 0 Å². The fourth-order valence-electron chi connectivity index (χ4n) is 0.567. The molecular weight excluding hydrogens is 174 g/mol. The van der Waals surface area contributed by atoms with Gasteiger partial charge < -0.3 is 20.3 Å². The number of aliphatic hydroxyl groups excluding tert-OH is 2. The second-order valence-electron chi connectivity index (χ2n) is 3.81. The Morgan fingerprint density at radius 1 is 1.54 bits per heavy atom. The molecule has 0 radical (unpaired) electrons. The zero-order chi connectivity index (χ0) is 10.5. The fourth-order valence-corrected chi connectivity index (χ4v) is 0.567. The number of carbonyl (C=O) groups excluding carboxylic acids is 1. The van der Waals surface area contributed by atoms with Crippen molar-refractivity contribution in [3.63, 3.8) is 0 Å². The Bertz CT molecular complexity index is 164. The standard InChI is InChI=1S/C8H17NO4/c1-8(2,3)9-7(12)13-5-6(11)4-10/h6,10-11H,4-5H2,1-3H3,(H,9,12). The van der Waals surface area contributed by atoms with Crippen molar-refractivity contribution in [2.45, 2.75) is 32.4 Å². The number of carbonyl (C=O) groups is 1. The summed E-state index contributed by atoms with van der Waals surface area (Å²) in [7, 11) is 0. The van der Waals surface area contributed by atoms with Crippen LogP contribution >= 0.6 is 0 Å². The van der Waals surface area contributed by atoms with Gasteiger partial charge in [0.25, 0.3) is 0 Å². The minimum Gasteiger partial charge on any atom is -0.447 e. The van der Waals surface area contributed by atoms with E-state index in [1.807, 2.05) is 20.8 Å². The van der Waals surface area contributed by atoms with Gasteiger partial charge in [-0.3, -0.25) is 0 Å². The Morgan fingerprint density at radius 3 is 2.46 bits per heavy atom. The number of rotatable bonds is 3. The third-order valence-corrected chi connectivity index (χ3v) is 1.09. The van der Waals surface area contributed by atoms with E-state index in [9.17, 15) is 4.79 Å². The number of hydrogen-bond acceptors (Lipinski definition) is 4. The van der Waals surface area contributed by atoms with Gasteiger partial charge in [-0.15, -0.1) is 0 Å². The maximum Gasteiger partial charge on any atom is 0.407 e. The Hall–Kier alpha value is -0.810. The second kappa shape index (κ2) is 5.04. The van der Waals surface area contributed by atoms with Gasteiger partial charge in [0.2, 0.25) is 0 Å². The van der Waals surface area contributed by atoms with Crippen LogP contribution in [0.3, 0.4) is 0 Å². The maximum atomic E-state index is 11.0. The van der Waals surface area contributed by atoms with Gasteiger partial charge in [-0.1, -0.05) is 0 Å². The van der Waals surface area contributed by atoms with E-state index in [0.717, 1.165) is 0 Å². The van der Waals surface area contributed by atoms with Crippen LogP contribution in [0.1, 0.15) is 20.8 Å². The molecule has 5 nitrogen and oxygen atoms in total. The number of hydrogen-bond donors (Lipinski definition) is 3. The summed E-state index contributed by atoms with van der Waals surface area (Å²) in [5, 5.41) is 19.8. The number of ether oxygens (including phenoxy) is 1. The summed E-state index contributed by atoms with van der Waals surface area (Å²) < 4.78 is 4.61. The molecule has 1 atom stereocenters. The summed E-state index contributed by atoms with van der Waals surface area (Å²) in [6.45, 7) is 4.84. The predicted molar refractivity (Wildman–Crippen MR) is 47.3 cm³/mol. The molecule has 3 N–H and O–H groups in total. The van der Waals surface area contributed by atoms with Crippen LogP contribution < -0.4 is 5.32 Å². The van der Waals surface area contributed by atoms with E-state index in [4.69, 9.17) is 10.2 Å². The minimum atomic E-state index is -1.01. The predicted octanol–water partition coefficient (Wildman–Crippen LogP) is -0.136. The number of aliphatic hydroxyl groups is 2. The summed E-state index contributed by atoms with van der Waals surface area (Å²) in [5.41, 5.74) is -0.360. The van der Waals surface area contributed by atoms with Crippen LogP contribution in [0.4, 0.5) is 4.79 Å². The van der Waals surface area contributed by atoms with Crippen molar-refractivity contribution in [1.29, 1.82) is 0 Å². The number of alkyl carbamates (subject to hydrolysis) is 1. The molecule has 5 heteroatoms. The lowest BCUT2D eigenvalue weighted by Crippen LogP contribution is -2.41. The van der Waals surface area contributed by atoms with Crippen LogP contribution in [-0.2, 0) is 4.74 Å². The quantitative estimate of drug-likeness (QED) is 0.580. The van der Waals surface area contributed by atoms with Gasteiger partial charge in [0.1, 0.15) is 12.7 Å². The highest BCUT2D eigenvalue weighted by Gasteiger charge is 2.15. The van der Waals surface area contributed by atoms with Crippen molar-refractivity contribution in [1.82, 2.24) is 5.32 Å². The summed E-state index contributed by atoms with van der Waals surface area (Å²) in [4.78, 5) is 11.0. The first-order valence-electron chi connectivity index (χ1n) is 4.09. The molecule has 1 unspecified atom stereocenters. The molecule has 0 bridgehead atoms. The first kappa shape index (κ1) is 12.2. The van der Waals surface area contributed by atoms with Gasteiger partial charge in [0.05, 0.1) is 6.61 Å². The Morgan fingerprint density at radius 2 is 2.08 bits per heavy atom. The number of amides is 1. The Balaban J connectivity index is 3.64. The van der Waals surface area contributed by atoms with Crippen LogP contribution in [0.2, 0.25) is 0 Å². The highest BCUT2D eigenvalue weighted by Crippen LogP contribution is 1.99. The van der Waals surface area contributed by atoms with E-state index in [0.29, 0.717) is 0 Å². The third kappa shape index (κ3) is 7.55. The van der Waals surface area contributed by atoms with Gasteiger partial charge in [-0.25, -0.2) is 4.79 Å². The smallest absolute Gasteiger partial charge is 0.407 e. The number of nitrogens with one attached hydrogen (secondary N) is 1. The molecule has 0 rings (SSSR count). The molecular formula is C8H17NO4.